The van der Waals surface area contributed by atoms with Crippen molar-refractivity contribution in [3.63, 3.8) is 0 Å². The monoisotopic (exact) mass is 579 g/mol. The quantitative estimate of drug-likeness (QED) is 0.154. The highest BCUT2D eigenvalue weighted by Crippen LogP contribution is 2.39. The molecule has 1 aliphatic carbocycles. The second kappa shape index (κ2) is 10.4. The van der Waals surface area contributed by atoms with E-state index in [-0.39, 0.29) is 17.1 Å². The number of carbonyl (C=O) groups is 2. The van der Waals surface area contributed by atoms with Crippen LogP contribution in [0.15, 0.2) is 139 Å². The van der Waals surface area contributed by atoms with Crippen LogP contribution >= 0.6 is 0 Å². The predicted molar refractivity (Wildman–Crippen MR) is 186 cm³/mol. The minimum Gasteiger partial charge on any atom is -0.310 e. The van der Waals surface area contributed by atoms with E-state index >= 15 is 0 Å². The third-order valence-corrected chi connectivity index (χ3v) is 8.90. The molecule has 0 amide bonds. The van der Waals surface area contributed by atoms with Crippen molar-refractivity contribution in [2.75, 3.05) is 4.90 Å². The summed E-state index contributed by atoms with van der Waals surface area (Å²) in [6.07, 6.45) is 1.76. The second-order valence-electron chi connectivity index (χ2n) is 11.9. The topological polar surface area (TPSA) is 37.4 Å². The first-order valence-electron chi connectivity index (χ1n) is 15.2. The summed E-state index contributed by atoms with van der Waals surface area (Å²) >= 11 is 0. The molecule has 0 aliphatic heterocycles. The summed E-state index contributed by atoms with van der Waals surface area (Å²) < 4.78 is 0. The smallest absolute Gasteiger partial charge is 0.197 e. The molecule has 3 nitrogen and oxygen atoms in total. The molecule has 8 rings (SSSR count). The van der Waals surface area contributed by atoms with Crippen molar-refractivity contribution in [2.45, 2.75) is 13.8 Å². The number of carbonyl (C=O) groups excluding carboxylic acids is 2. The Balaban J connectivity index is 1.24. The summed E-state index contributed by atoms with van der Waals surface area (Å²) in [6, 6.07) is 46.2. The van der Waals surface area contributed by atoms with Crippen molar-refractivity contribution in [3.05, 3.63) is 167 Å². The maximum Gasteiger partial charge on any atom is 0.197 e. The minimum absolute atomic E-state index is 0.199. The first-order valence-corrected chi connectivity index (χ1v) is 15.2. The van der Waals surface area contributed by atoms with Crippen molar-refractivity contribution < 1.29 is 9.59 Å². The molecule has 45 heavy (non-hydrogen) atoms. The van der Waals surface area contributed by atoms with Gasteiger partial charge in [-0.15, -0.1) is 0 Å². The lowest BCUT2D eigenvalue weighted by molar-refractivity contribution is 0.0990. The molecule has 0 bridgehead atoms. The van der Waals surface area contributed by atoms with E-state index in [1.807, 2.05) is 26.0 Å². The van der Waals surface area contributed by atoms with E-state index in [0.29, 0.717) is 11.1 Å². The van der Waals surface area contributed by atoms with Gasteiger partial charge in [-0.05, 0) is 112 Å². The fourth-order valence-corrected chi connectivity index (χ4v) is 6.51. The Hall–Kier alpha value is -5.80. The van der Waals surface area contributed by atoms with E-state index in [2.05, 4.69) is 120 Å². The van der Waals surface area contributed by atoms with Crippen LogP contribution in [-0.2, 0) is 0 Å². The summed E-state index contributed by atoms with van der Waals surface area (Å²) in [7, 11) is 0. The predicted octanol–water partition coefficient (Wildman–Crippen LogP) is 10.7. The van der Waals surface area contributed by atoms with E-state index in [0.717, 1.165) is 44.5 Å². The highest BCUT2D eigenvalue weighted by atomic mass is 16.2. The number of hydrogen-bond acceptors (Lipinski definition) is 3. The molecule has 0 N–H and O–H groups in total. The number of hydrogen-bond donors (Lipinski definition) is 0. The molecule has 0 saturated carbocycles. The van der Waals surface area contributed by atoms with Crippen LogP contribution in [0.2, 0.25) is 0 Å². The Morgan fingerprint density at radius 2 is 0.978 bits per heavy atom. The third-order valence-electron chi connectivity index (χ3n) is 8.90. The third kappa shape index (κ3) is 4.61. The molecule has 0 spiro atoms. The number of fused-ring (bicyclic) bond motifs is 4. The van der Waals surface area contributed by atoms with Gasteiger partial charge in [0.05, 0.1) is 5.57 Å². The molecule has 1 aliphatic rings. The van der Waals surface area contributed by atoms with Crippen LogP contribution in [0.3, 0.4) is 0 Å². The van der Waals surface area contributed by atoms with Crippen LogP contribution in [-0.4, -0.2) is 11.6 Å². The van der Waals surface area contributed by atoms with Crippen LogP contribution in [0.5, 0.6) is 0 Å². The van der Waals surface area contributed by atoms with Crippen LogP contribution in [0.4, 0.5) is 17.1 Å². The van der Waals surface area contributed by atoms with Gasteiger partial charge < -0.3 is 4.90 Å². The van der Waals surface area contributed by atoms with Gasteiger partial charge in [0.1, 0.15) is 0 Å². The summed E-state index contributed by atoms with van der Waals surface area (Å²) in [5.41, 5.74) is 7.26. The van der Waals surface area contributed by atoms with E-state index in [1.165, 1.54) is 21.5 Å². The van der Waals surface area contributed by atoms with Gasteiger partial charge in [0.25, 0.3) is 0 Å². The van der Waals surface area contributed by atoms with Crippen LogP contribution < -0.4 is 4.90 Å². The van der Waals surface area contributed by atoms with Gasteiger partial charge in [0.2, 0.25) is 0 Å². The minimum atomic E-state index is -0.203. The van der Waals surface area contributed by atoms with Crippen LogP contribution in [0.25, 0.3) is 38.4 Å². The maximum absolute atomic E-state index is 13.2. The molecule has 0 saturated heterocycles. The number of anilines is 3. The number of allylic oxidation sites excluding steroid dienone is 1. The van der Waals surface area contributed by atoms with Crippen molar-refractivity contribution in [1.82, 2.24) is 0 Å². The molecule has 7 aromatic rings. The summed E-state index contributed by atoms with van der Waals surface area (Å²) in [5.74, 6) is -0.402. The summed E-state index contributed by atoms with van der Waals surface area (Å²) in [4.78, 5) is 28.7. The van der Waals surface area contributed by atoms with Crippen molar-refractivity contribution in [3.8, 4) is 0 Å². The number of benzene rings is 7. The van der Waals surface area contributed by atoms with Gasteiger partial charge in [-0.2, -0.15) is 0 Å². The molecule has 0 fully saturated rings. The number of aryl methyl sites for hydroxylation is 2. The van der Waals surface area contributed by atoms with Crippen LogP contribution in [0, 0.1) is 13.8 Å². The van der Waals surface area contributed by atoms with E-state index in [9.17, 15) is 9.59 Å². The van der Waals surface area contributed by atoms with E-state index in [1.54, 1.807) is 12.1 Å². The fraction of sp³-hybridized carbons (Fsp3) is 0.0476. The molecule has 0 aromatic heterocycles. The Labute approximate surface area is 261 Å². The number of ketones is 2. The average Bonchev–Trinajstić information content (AvgIpc) is 3.29. The first-order chi connectivity index (χ1) is 21.9. The van der Waals surface area contributed by atoms with Gasteiger partial charge in [-0.1, -0.05) is 90.5 Å². The second-order valence-corrected chi connectivity index (χ2v) is 11.9. The Kier molecular flexibility index (Phi) is 6.21. The molecule has 0 radical (unpaired) electrons. The highest BCUT2D eigenvalue weighted by molar-refractivity contribution is 6.41. The standard InChI is InChI=1S/C42H29NO2/c1-26-11-18-38-39(19-26)42(45)40(41(38)44)25-33-21-32-14-17-37(24-34(32)20-27(33)2)43(35-15-12-28-7-3-5-9-30(28)22-35)36-16-13-29-8-4-6-10-31(29)23-36/h3-25H,1-2H3/b40-25-. The molecule has 0 unspecified atom stereocenters. The van der Waals surface area contributed by atoms with E-state index in [4.69, 9.17) is 0 Å². The molecule has 0 atom stereocenters. The molecule has 3 heteroatoms. The molecule has 214 valence electrons. The van der Waals surface area contributed by atoms with E-state index < -0.39 is 0 Å². The largest absolute Gasteiger partial charge is 0.310 e. The zero-order chi connectivity index (χ0) is 30.7. The fourth-order valence-electron chi connectivity index (χ4n) is 6.51. The maximum atomic E-state index is 13.2. The van der Waals surface area contributed by atoms with Crippen LogP contribution in [0.1, 0.15) is 37.4 Å². The molecule has 0 heterocycles. The normalized spacial score (nSPS) is 13.7. The number of Topliss-reactive ketones (excluding diaryl/α,β-unsaturated/α-hetero) is 2. The SMILES string of the molecule is Cc1ccc2c(c1)C(=O)/C(=C\c1cc3ccc(N(c4ccc5ccccc5c4)c4ccc5ccccc5c4)cc3cc1C)C2=O. The molecule has 7 aromatic carbocycles. The Bertz CT molecular complexity index is 2320. The highest BCUT2D eigenvalue weighted by Gasteiger charge is 2.33. The number of nitrogens with zero attached hydrogens (tertiary/aromatic N) is 1. The molecular formula is C42H29NO2. The lowest BCUT2D eigenvalue weighted by atomic mass is 9.98. The number of rotatable bonds is 4. The van der Waals surface area contributed by atoms with Crippen molar-refractivity contribution in [1.29, 1.82) is 0 Å². The van der Waals surface area contributed by atoms with Gasteiger partial charge >= 0.3 is 0 Å². The Morgan fingerprint density at radius 1 is 0.467 bits per heavy atom. The zero-order valence-corrected chi connectivity index (χ0v) is 25.0. The first kappa shape index (κ1) is 26.8. The summed E-state index contributed by atoms with van der Waals surface area (Å²) in [6.45, 7) is 3.97. The lowest BCUT2D eigenvalue weighted by Gasteiger charge is -2.26. The average molecular weight is 580 g/mol. The Morgan fingerprint density at radius 3 is 1.60 bits per heavy atom. The zero-order valence-electron chi connectivity index (χ0n) is 25.0. The van der Waals surface area contributed by atoms with Gasteiger partial charge in [0, 0.05) is 28.2 Å². The molecular weight excluding hydrogens is 550 g/mol. The van der Waals surface area contributed by atoms with Gasteiger partial charge in [0.15, 0.2) is 11.6 Å². The van der Waals surface area contributed by atoms with Crippen molar-refractivity contribution in [2.24, 2.45) is 0 Å². The van der Waals surface area contributed by atoms with Crippen molar-refractivity contribution >= 4 is 67.0 Å². The van der Waals surface area contributed by atoms with Gasteiger partial charge in [-0.25, -0.2) is 0 Å². The van der Waals surface area contributed by atoms with Gasteiger partial charge in [-0.3, -0.25) is 9.59 Å². The summed E-state index contributed by atoms with van der Waals surface area (Å²) in [5, 5.41) is 6.90. The lowest BCUT2D eigenvalue weighted by Crippen LogP contribution is -2.10.